The molecule has 3 heteroatoms. The number of hydrogen-bond acceptors (Lipinski definition) is 2. The van der Waals surface area contributed by atoms with E-state index in [1.165, 1.54) is 11.1 Å². The molecule has 0 saturated carbocycles. The summed E-state index contributed by atoms with van der Waals surface area (Å²) in [6.07, 6.45) is 7.33. The Morgan fingerprint density at radius 1 is 1.00 bits per heavy atom. The molecule has 2 nitrogen and oxygen atoms in total. The molecule has 1 aliphatic rings. The van der Waals surface area contributed by atoms with Crippen LogP contribution in [0.3, 0.4) is 0 Å². The van der Waals surface area contributed by atoms with Crippen LogP contribution in [0.25, 0.3) is 11.1 Å². The number of methoxy groups -OCH3 is 1. The molecule has 0 aromatic heterocycles. The Morgan fingerprint density at radius 3 is 1.95 bits per heavy atom. The van der Waals surface area contributed by atoms with Gasteiger partial charge < -0.3 is 9.84 Å². The molecule has 2 aromatic carbocycles. The maximum absolute atomic E-state index is 10.5. The van der Waals surface area contributed by atoms with Crippen molar-refractivity contribution in [2.75, 3.05) is 7.11 Å². The van der Waals surface area contributed by atoms with Crippen molar-refractivity contribution in [1.29, 1.82) is 0 Å². The zero-order valence-corrected chi connectivity index (χ0v) is 13.7. The summed E-state index contributed by atoms with van der Waals surface area (Å²) in [5.74, 6) is 1.03. The van der Waals surface area contributed by atoms with Crippen molar-refractivity contribution >= 4 is 0 Å². The van der Waals surface area contributed by atoms with Gasteiger partial charge in [0.25, 0.3) is 0 Å². The SMILES string of the molecule is CC([O-])=C1C=CC=C1.COc1ccc(-[c-]2cccc2)cc1.[Fe+2]. The second-order valence-electron chi connectivity index (χ2n) is 4.63. The largest absolute Gasteiger partial charge is 2.00 e. The van der Waals surface area contributed by atoms with E-state index in [-0.39, 0.29) is 22.8 Å². The molecule has 3 rings (SSSR count). The van der Waals surface area contributed by atoms with Crippen LogP contribution in [0.2, 0.25) is 0 Å². The molecule has 0 fully saturated rings. The number of hydrogen-bond donors (Lipinski definition) is 0. The first-order valence-electron chi connectivity index (χ1n) is 6.79. The first-order chi connectivity index (χ1) is 10.2. The second kappa shape index (κ2) is 9.04. The zero-order chi connectivity index (χ0) is 15.1. The van der Waals surface area contributed by atoms with Crippen LogP contribution in [-0.2, 0) is 17.1 Å². The van der Waals surface area contributed by atoms with Gasteiger partial charge in [0.1, 0.15) is 5.75 Å². The third-order valence-electron chi connectivity index (χ3n) is 3.16. The van der Waals surface area contributed by atoms with Crippen molar-refractivity contribution in [3.8, 4) is 16.9 Å². The van der Waals surface area contributed by atoms with Gasteiger partial charge in [-0.15, -0.1) is 35.6 Å². The average Bonchev–Trinajstić information content (AvgIpc) is 3.21. The molecule has 0 unspecified atom stereocenters. The minimum absolute atomic E-state index is 0. The minimum Gasteiger partial charge on any atom is -0.875 e. The fraction of sp³-hybridized carbons (Fsp3) is 0.105. The summed E-state index contributed by atoms with van der Waals surface area (Å²) in [6, 6.07) is 16.4. The topological polar surface area (TPSA) is 32.3 Å². The van der Waals surface area contributed by atoms with Crippen LogP contribution >= 0.6 is 0 Å². The van der Waals surface area contributed by atoms with Crippen molar-refractivity contribution in [2.45, 2.75) is 6.92 Å². The van der Waals surface area contributed by atoms with Crippen molar-refractivity contribution in [2.24, 2.45) is 0 Å². The normalized spacial score (nSPS) is 11.5. The van der Waals surface area contributed by atoms with Gasteiger partial charge in [-0.25, -0.2) is 0 Å². The van der Waals surface area contributed by atoms with Crippen molar-refractivity contribution < 1.29 is 26.9 Å². The molecule has 0 radical (unpaired) electrons. The van der Waals surface area contributed by atoms with E-state index < -0.39 is 0 Å². The van der Waals surface area contributed by atoms with Gasteiger partial charge in [0.2, 0.25) is 0 Å². The Bertz CT molecular complexity index is 629. The fourth-order valence-electron chi connectivity index (χ4n) is 1.96. The molecule has 0 atom stereocenters. The number of benzene rings is 1. The van der Waals surface area contributed by atoms with Crippen LogP contribution in [0.5, 0.6) is 5.75 Å². The van der Waals surface area contributed by atoms with Gasteiger partial charge in [0, 0.05) is 0 Å². The van der Waals surface area contributed by atoms with Crippen LogP contribution in [0.15, 0.2) is 84.2 Å². The summed E-state index contributed by atoms with van der Waals surface area (Å²) in [7, 11) is 1.68. The van der Waals surface area contributed by atoms with Gasteiger partial charge in [-0.3, -0.25) is 0 Å². The molecule has 114 valence electrons. The maximum Gasteiger partial charge on any atom is 2.00 e. The van der Waals surface area contributed by atoms with E-state index in [0.29, 0.717) is 0 Å². The van der Waals surface area contributed by atoms with Gasteiger partial charge in [-0.05, 0) is 5.57 Å². The third-order valence-corrected chi connectivity index (χ3v) is 3.16. The molecule has 0 heterocycles. The van der Waals surface area contributed by atoms with Crippen LogP contribution in [0.1, 0.15) is 6.92 Å². The van der Waals surface area contributed by atoms with E-state index in [2.05, 4.69) is 24.3 Å². The van der Waals surface area contributed by atoms with Crippen molar-refractivity contribution in [1.82, 2.24) is 0 Å². The molecule has 0 aliphatic heterocycles. The number of allylic oxidation sites excluding steroid dienone is 6. The van der Waals surface area contributed by atoms with Crippen molar-refractivity contribution in [3.63, 3.8) is 0 Å². The average molecular weight is 334 g/mol. The van der Waals surface area contributed by atoms with Crippen LogP contribution < -0.4 is 9.84 Å². The number of rotatable bonds is 2. The van der Waals surface area contributed by atoms with E-state index in [0.717, 1.165) is 11.3 Å². The van der Waals surface area contributed by atoms with Crippen LogP contribution in [-0.4, -0.2) is 7.11 Å². The first-order valence-corrected chi connectivity index (χ1v) is 6.79. The molecular formula is C19H18FeO2. The Balaban J connectivity index is 0.000000234. The molecule has 0 bridgehead atoms. The maximum atomic E-state index is 10.5. The minimum atomic E-state index is 0. The van der Waals surface area contributed by atoms with Crippen molar-refractivity contribution in [3.05, 3.63) is 84.2 Å². The van der Waals surface area contributed by atoms with E-state index in [1.807, 2.05) is 48.6 Å². The molecule has 2 aromatic rings. The summed E-state index contributed by atoms with van der Waals surface area (Å²) < 4.78 is 5.09. The summed E-state index contributed by atoms with van der Waals surface area (Å²) >= 11 is 0. The monoisotopic (exact) mass is 334 g/mol. The summed E-state index contributed by atoms with van der Waals surface area (Å²) in [5.41, 5.74) is 3.28. The smallest absolute Gasteiger partial charge is 0.875 e. The fourth-order valence-corrected chi connectivity index (χ4v) is 1.96. The molecule has 0 N–H and O–H groups in total. The summed E-state index contributed by atoms with van der Waals surface area (Å²) in [4.78, 5) is 0. The molecule has 0 amide bonds. The van der Waals surface area contributed by atoms with E-state index in [9.17, 15) is 5.11 Å². The third kappa shape index (κ3) is 5.03. The summed E-state index contributed by atoms with van der Waals surface area (Å²) in [6.45, 7) is 1.56. The Kier molecular flexibility index (Phi) is 7.38. The second-order valence-corrected chi connectivity index (χ2v) is 4.63. The summed E-state index contributed by atoms with van der Waals surface area (Å²) in [5, 5.41) is 10.5. The molecule has 1 aliphatic carbocycles. The molecule has 0 saturated heterocycles. The van der Waals surface area contributed by atoms with Gasteiger partial charge in [-0.1, -0.05) is 48.9 Å². The van der Waals surface area contributed by atoms with E-state index >= 15 is 0 Å². The Hall–Kier alpha value is -2.09. The Labute approximate surface area is 142 Å². The van der Waals surface area contributed by atoms with Crippen LogP contribution in [0.4, 0.5) is 0 Å². The standard InChI is InChI=1S/C12H11O.C7H8O.Fe/c1-13-12-8-6-11(7-9-12)10-4-2-3-5-10;1-6(8)7-4-2-3-5-7;/h2-9H,1H3;2-5,8H,1H3;/q-1;;+2/p-1. The van der Waals surface area contributed by atoms with Gasteiger partial charge >= 0.3 is 17.1 Å². The Morgan fingerprint density at radius 2 is 1.55 bits per heavy atom. The zero-order valence-electron chi connectivity index (χ0n) is 12.6. The molecule has 22 heavy (non-hydrogen) atoms. The van der Waals surface area contributed by atoms with Crippen LogP contribution in [0, 0.1) is 0 Å². The van der Waals surface area contributed by atoms with E-state index in [4.69, 9.17) is 4.74 Å². The predicted octanol–water partition coefficient (Wildman–Crippen LogP) is 3.83. The molecular weight excluding hydrogens is 316 g/mol. The van der Waals surface area contributed by atoms with Gasteiger partial charge in [0.15, 0.2) is 0 Å². The first kappa shape index (κ1) is 18.0. The van der Waals surface area contributed by atoms with Gasteiger partial charge in [0.05, 0.1) is 7.11 Å². The quantitative estimate of drug-likeness (QED) is 0.475. The van der Waals surface area contributed by atoms with Gasteiger partial charge in [-0.2, -0.15) is 12.1 Å². The number of ether oxygens (including phenoxy) is 1. The molecule has 0 spiro atoms. The predicted molar refractivity (Wildman–Crippen MR) is 85.0 cm³/mol. The van der Waals surface area contributed by atoms with E-state index in [1.54, 1.807) is 14.0 Å².